The molecule has 0 amide bonds. The van der Waals surface area contributed by atoms with Crippen molar-refractivity contribution in [3.63, 3.8) is 0 Å². The van der Waals surface area contributed by atoms with Gasteiger partial charge in [0.2, 0.25) is 0 Å². The van der Waals surface area contributed by atoms with E-state index < -0.39 is 29.5 Å². The third kappa shape index (κ3) is 418. The molecule has 0 saturated carbocycles. The van der Waals surface area contributed by atoms with Crippen molar-refractivity contribution in [3.05, 3.63) is 0 Å². The van der Waals surface area contributed by atoms with Crippen LogP contribution < -0.4 is 48.9 Å². The van der Waals surface area contributed by atoms with Crippen molar-refractivity contribution >= 4 is 279 Å². The third-order valence-electron chi connectivity index (χ3n) is 0. The van der Waals surface area contributed by atoms with Crippen molar-refractivity contribution in [2.24, 2.45) is 0 Å². The van der Waals surface area contributed by atoms with E-state index in [1.54, 1.807) is 0 Å². The Morgan fingerprint density at radius 1 is 0.400 bits per heavy atom. The van der Waals surface area contributed by atoms with E-state index >= 15 is 0 Å². The fourth-order valence-corrected chi connectivity index (χ4v) is 0. The van der Waals surface area contributed by atoms with Crippen molar-refractivity contribution in [1.82, 2.24) is 0 Å². The molecule has 0 aromatic heterocycles. The smallest absolute Gasteiger partial charge is 0.822 e. The van der Waals surface area contributed by atoms with Crippen molar-refractivity contribution in [1.29, 1.82) is 0 Å². The summed E-state index contributed by atoms with van der Waals surface area (Å²) < 4.78 is 34.8. The van der Waals surface area contributed by atoms with Gasteiger partial charge in [0.1, 0.15) is 0 Å². The molecule has 25 heteroatoms. The summed E-state index contributed by atoms with van der Waals surface area (Å²) in [4.78, 5) is 86.8. The van der Waals surface area contributed by atoms with E-state index in [9.17, 15) is 0 Å². The molecule has 0 aliphatic heterocycles. The fraction of sp³-hybridized carbons (Fsp3) is 0. The first-order chi connectivity index (χ1) is 8.00. The molecule has 0 aliphatic carbocycles. The van der Waals surface area contributed by atoms with Gasteiger partial charge in [-0.05, 0) is 0 Å². The van der Waals surface area contributed by atoms with E-state index in [1.807, 2.05) is 0 Å². The number of hydrogen-bond donors (Lipinski definition) is 0. The van der Waals surface area contributed by atoms with Gasteiger partial charge in [0.05, 0.1) is 0 Å². The quantitative estimate of drug-likeness (QED) is 0.162. The predicted octanol–water partition coefficient (Wildman–Crippen LogP) is -9.45. The van der Waals surface area contributed by atoms with Crippen LogP contribution in [0.2, 0.25) is 0 Å². The molecule has 0 aliphatic rings. The minimum atomic E-state index is -5.39. The zero-order chi connectivity index (χ0) is 18.0. The van der Waals surface area contributed by atoms with E-state index in [0.717, 1.165) is 0 Å². The second-order valence-corrected chi connectivity index (χ2v) is 7.75. The van der Waals surface area contributed by atoms with Crippen molar-refractivity contribution < 1.29 is 67.2 Å². The van der Waals surface area contributed by atoms with Gasteiger partial charge in [-0.3, -0.25) is 0 Å². The zero-order valence-corrected chi connectivity index (χ0v) is 34.3. The van der Waals surface area contributed by atoms with Crippen LogP contribution in [-0.4, -0.2) is 227 Å². The summed E-state index contributed by atoms with van der Waals surface area (Å²) in [7, 11) is -10.8. The zero-order valence-electron chi connectivity index (χ0n) is 11.8. The molecule has 0 spiro atoms. The van der Waals surface area contributed by atoms with Gasteiger partial charge in [0.15, 0.2) is 0 Å². The second kappa shape index (κ2) is 30.5. The van der Waals surface area contributed by atoms with Crippen LogP contribution in [0.5, 0.6) is 0 Å². The minimum absolute atomic E-state index is 0. The maximum atomic E-state index is 8.87. The molecule has 0 atom stereocenters. The molecular formula is Cl2O14P4Sr5. The van der Waals surface area contributed by atoms with E-state index in [4.69, 9.17) is 67.2 Å². The summed E-state index contributed by atoms with van der Waals surface area (Å²) >= 11 is 7.95. The molecule has 0 saturated heterocycles. The summed E-state index contributed by atoms with van der Waals surface area (Å²) in [5.74, 6) is 0. The van der Waals surface area contributed by atoms with Crippen LogP contribution >= 0.6 is 52.0 Å². The Hall–Kier alpha value is 8.50. The normalized spacial score (nSPS) is 9.44. The van der Waals surface area contributed by atoms with Gasteiger partial charge in [-0.2, -0.15) is 15.6 Å². The summed E-state index contributed by atoms with van der Waals surface area (Å²) in [6.07, 6.45) is 0. The Morgan fingerprint density at radius 3 is 0.400 bits per heavy atom. The molecule has 0 fully saturated rings. The standard InChI is InChI=1S/2ClH2O3P.2H3O4P.5Sr/c4*1-5(2,3)4;;;;;/h2*(H2,2,3,4);2*(H3,1,2,3,4);;;;;/q;;;;5*+2/p-10. The van der Waals surface area contributed by atoms with Gasteiger partial charge in [0, 0.05) is 13.9 Å². The molecule has 0 rings (SSSR count). The SMILES string of the molecule is O=P([O-])([O-])Cl.O=P([O-])([O-])Cl.O=P([O-])([O-])[O-].O=P([O-])([O-])[O-].[Sr+2].[Sr+2].[Sr+2].[Sr+2].[Sr+2]. The largest absolute Gasteiger partial charge is 2.00 e. The molecule has 0 unspecified atom stereocenters. The van der Waals surface area contributed by atoms with Crippen LogP contribution in [0.1, 0.15) is 0 Å². The Morgan fingerprint density at radius 2 is 0.400 bits per heavy atom. The Bertz CT molecular complexity index is 306. The van der Waals surface area contributed by atoms with Crippen LogP contribution in [-0.2, 0) is 18.3 Å². The van der Waals surface area contributed by atoms with Crippen LogP contribution in [0.4, 0.5) is 0 Å². The molecule has 0 bridgehead atoms. The van der Waals surface area contributed by atoms with E-state index in [-0.39, 0.29) is 227 Å². The van der Waals surface area contributed by atoms with E-state index in [1.165, 1.54) is 0 Å². The minimum Gasteiger partial charge on any atom is -0.822 e. The van der Waals surface area contributed by atoms with Gasteiger partial charge < -0.3 is 67.2 Å². The topological polar surface area (TPSA) is 299 Å². The summed E-state index contributed by atoms with van der Waals surface area (Å²) in [5, 5.41) is 0. The number of phosphoric acid groups is 2. The van der Waals surface area contributed by atoms with Gasteiger partial charge in [-0.25, -0.2) is 0 Å². The van der Waals surface area contributed by atoms with Crippen LogP contribution in [0.3, 0.4) is 0 Å². The van der Waals surface area contributed by atoms with Crippen molar-refractivity contribution in [2.75, 3.05) is 0 Å². The average Bonchev–Trinajstić information content (AvgIpc) is 1.62. The number of hydrogen-bond acceptors (Lipinski definition) is 14. The van der Waals surface area contributed by atoms with Gasteiger partial charge in [-0.15, -0.1) is 0 Å². The second-order valence-electron chi connectivity index (χ2n) is 1.76. The van der Waals surface area contributed by atoms with Crippen LogP contribution in [0.25, 0.3) is 0 Å². The Labute approximate surface area is 336 Å². The molecule has 0 aromatic carbocycles. The first-order valence-corrected chi connectivity index (χ1v) is 10.7. The maximum absolute atomic E-state index is 8.87. The third-order valence-corrected chi connectivity index (χ3v) is 0. The monoisotopic (exact) mass is 857 g/mol. The first kappa shape index (κ1) is 59.0. The number of rotatable bonds is 0. The summed E-state index contributed by atoms with van der Waals surface area (Å²) in [6.45, 7) is -9.33. The van der Waals surface area contributed by atoms with Crippen LogP contribution in [0.15, 0.2) is 0 Å². The molecule has 0 radical (unpaired) electrons. The fourth-order valence-electron chi connectivity index (χ4n) is 0. The summed E-state index contributed by atoms with van der Waals surface area (Å²) in [6, 6.07) is 0. The van der Waals surface area contributed by atoms with Crippen molar-refractivity contribution in [3.8, 4) is 0 Å². The van der Waals surface area contributed by atoms with Gasteiger partial charge >= 0.3 is 227 Å². The molecule has 25 heavy (non-hydrogen) atoms. The molecule has 0 aromatic rings. The van der Waals surface area contributed by atoms with Crippen molar-refractivity contribution in [2.45, 2.75) is 0 Å². The Kier molecular flexibility index (Phi) is 72.0. The average molecular weight is 857 g/mol. The maximum Gasteiger partial charge on any atom is 2.00 e. The molecular weight excluding hydrogens is 857 g/mol. The summed E-state index contributed by atoms with van der Waals surface area (Å²) in [5.41, 5.74) is 0. The Balaban J connectivity index is -0.0000000183. The van der Waals surface area contributed by atoms with Gasteiger partial charge in [-0.1, -0.05) is 22.5 Å². The predicted molar refractivity (Wildman–Crippen MR) is 70.9 cm³/mol. The molecule has 0 N–H and O–H groups in total. The first-order valence-electron chi connectivity index (χ1n) is 2.89. The molecule has 0 heterocycles. The number of halogens is 2. The van der Waals surface area contributed by atoms with Crippen LogP contribution in [0, 0.1) is 0 Å². The van der Waals surface area contributed by atoms with E-state index in [0.29, 0.717) is 0 Å². The van der Waals surface area contributed by atoms with E-state index in [2.05, 4.69) is 22.5 Å². The molecule has 128 valence electrons. The van der Waals surface area contributed by atoms with Gasteiger partial charge in [0.25, 0.3) is 0 Å². The molecule has 14 nitrogen and oxygen atoms in total.